The first-order chi connectivity index (χ1) is 7.52. The van der Waals surface area contributed by atoms with Crippen molar-refractivity contribution in [2.24, 2.45) is 17.6 Å². The van der Waals surface area contributed by atoms with E-state index >= 15 is 0 Å². The summed E-state index contributed by atoms with van der Waals surface area (Å²) in [6.07, 6.45) is 2.81. The summed E-state index contributed by atoms with van der Waals surface area (Å²) in [7, 11) is 1.64. The Labute approximate surface area is 97.9 Å². The second-order valence-corrected chi connectivity index (χ2v) is 5.13. The molecule has 0 heterocycles. The number of ether oxygens (including phenoxy) is 1. The van der Waals surface area contributed by atoms with Gasteiger partial charge in [0, 0.05) is 25.1 Å². The zero-order valence-electron chi connectivity index (χ0n) is 10.5. The molecule has 0 bridgehead atoms. The average molecular weight is 228 g/mol. The topological polar surface area (TPSA) is 64.3 Å². The zero-order chi connectivity index (χ0) is 12.1. The molecule has 0 radical (unpaired) electrons. The molecule has 0 aromatic carbocycles. The van der Waals surface area contributed by atoms with Crippen molar-refractivity contribution in [3.05, 3.63) is 0 Å². The lowest BCUT2D eigenvalue weighted by Crippen LogP contribution is -2.44. The van der Waals surface area contributed by atoms with Crippen LogP contribution < -0.4 is 11.1 Å². The Bertz CT molecular complexity index is 223. The molecule has 1 saturated carbocycles. The highest BCUT2D eigenvalue weighted by Gasteiger charge is 2.29. The molecular weight excluding hydrogens is 204 g/mol. The third-order valence-corrected chi connectivity index (χ3v) is 3.16. The van der Waals surface area contributed by atoms with Crippen LogP contribution >= 0.6 is 0 Å². The second-order valence-electron chi connectivity index (χ2n) is 5.13. The van der Waals surface area contributed by atoms with Gasteiger partial charge in [-0.1, -0.05) is 6.92 Å². The van der Waals surface area contributed by atoms with Gasteiger partial charge in [0.25, 0.3) is 0 Å². The molecule has 0 spiro atoms. The molecule has 1 rings (SSSR count). The number of carbonyl (C=O) groups is 1. The van der Waals surface area contributed by atoms with E-state index in [0.717, 1.165) is 19.3 Å². The summed E-state index contributed by atoms with van der Waals surface area (Å²) in [5.74, 6) is 0.766. The SMILES string of the molecule is COCC(C)NC(=O)C1CC(C)CC(N)C1. The maximum atomic E-state index is 12.0. The van der Waals surface area contributed by atoms with Gasteiger partial charge in [0.05, 0.1) is 6.61 Å². The Morgan fingerprint density at radius 1 is 1.50 bits per heavy atom. The summed E-state index contributed by atoms with van der Waals surface area (Å²) in [5.41, 5.74) is 5.94. The summed E-state index contributed by atoms with van der Waals surface area (Å²) in [6, 6.07) is 0.253. The molecule has 1 aliphatic rings. The molecule has 0 aromatic rings. The van der Waals surface area contributed by atoms with E-state index in [9.17, 15) is 4.79 Å². The van der Waals surface area contributed by atoms with Crippen LogP contribution in [0, 0.1) is 11.8 Å². The molecule has 0 aromatic heterocycles. The van der Waals surface area contributed by atoms with Crippen molar-refractivity contribution in [2.45, 2.75) is 45.2 Å². The van der Waals surface area contributed by atoms with Crippen LogP contribution in [0.1, 0.15) is 33.1 Å². The molecule has 16 heavy (non-hydrogen) atoms. The lowest BCUT2D eigenvalue weighted by Gasteiger charge is -2.31. The van der Waals surface area contributed by atoms with Gasteiger partial charge in [-0.15, -0.1) is 0 Å². The first-order valence-corrected chi connectivity index (χ1v) is 6.07. The van der Waals surface area contributed by atoms with Crippen molar-refractivity contribution in [3.8, 4) is 0 Å². The summed E-state index contributed by atoms with van der Waals surface area (Å²) in [4.78, 5) is 12.0. The largest absolute Gasteiger partial charge is 0.383 e. The van der Waals surface area contributed by atoms with Crippen molar-refractivity contribution in [1.29, 1.82) is 0 Å². The molecular formula is C12H24N2O2. The fourth-order valence-electron chi connectivity index (χ4n) is 2.52. The lowest BCUT2D eigenvalue weighted by atomic mass is 9.79. The van der Waals surface area contributed by atoms with Crippen molar-refractivity contribution in [2.75, 3.05) is 13.7 Å². The van der Waals surface area contributed by atoms with Crippen LogP contribution in [-0.4, -0.2) is 31.7 Å². The Morgan fingerprint density at radius 2 is 2.19 bits per heavy atom. The molecule has 94 valence electrons. The Balaban J connectivity index is 2.40. The van der Waals surface area contributed by atoms with Gasteiger partial charge >= 0.3 is 0 Å². The van der Waals surface area contributed by atoms with Gasteiger partial charge in [0.1, 0.15) is 0 Å². The van der Waals surface area contributed by atoms with Crippen molar-refractivity contribution in [1.82, 2.24) is 5.32 Å². The molecule has 4 atom stereocenters. The van der Waals surface area contributed by atoms with Crippen LogP contribution in [-0.2, 0) is 9.53 Å². The van der Waals surface area contributed by atoms with Crippen LogP contribution in [0.3, 0.4) is 0 Å². The van der Waals surface area contributed by atoms with E-state index in [1.165, 1.54) is 0 Å². The molecule has 1 aliphatic carbocycles. The molecule has 0 saturated heterocycles. The van der Waals surface area contributed by atoms with E-state index in [1.54, 1.807) is 7.11 Å². The van der Waals surface area contributed by atoms with Gasteiger partial charge in [0.2, 0.25) is 5.91 Å². The quantitative estimate of drug-likeness (QED) is 0.751. The van der Waals surface area contributed by atoms with E-state index in [2.05, 4.69) is 12.2 Å². The summed E-state index contributed by atoms with van der Waals surface area (Å²) in [6.45, 7) is 4.67. The minimum Gasteiger partial charge on any atom is -0.383 e. The number of hydrogen-bond acceptors (Lipinski definition) is 3. The lowest BCUT2D eigenvalue weighted by molar-refractivity contribution is -0.127. The Hall–Kier alpha value is -0.610. The Morgan fingerprint density at radius 3 is 2.75 bits per heavy atom. The van der Waals surface area contributed by atoms with Crippen molar-refractivity contribution >= 4 is 5.91 Å². The highest BCUT2D eigenvalue weighted by atomic mass is 16.5. The smallest absolute Gasteiger partial charge is 0.223 e. The van der Waals surface area contributed by atoms with Gasteiger partial charge in [0.15, 0.2) is 0 Å². The predicted octanol–water partition coefficient (Wildman–Crippen LogP) is 0.901. The van der Waals surface area contributed by atoms with Crippen molar-refractivity contribution < 1.29 is 9.53 Å². The number of carbonyl (C=O) groups excluding carboxylic acids is 1. The first kappa shape index (κ1) is 13.5. The fraction of sp³-hybridized carbons (Fsp3) is 0.917. The van der Waals surface area contributed by atoms with Crippen LogP contribution in [0.4, 0.5) is 0 Å². The van der Waals surface area contributed by atoms with E-state index in [-0.39, 0.29) is 23.9 Å². The molecule has 1 amide bonds. The van der Waals surface area contributed by atoms with Crippen LogP contribution in [0.15, 0.2) is 0 Å². The van der Waals surface area contributed by atoms with Crippen LogP contribution in [0.5, 0.6) is 0 Å². The third-order valence-electron chi connectivity index (χ3n) is 3.16. The Kier molecular flexibility index (Phi) is 5.22. The number of rotatable bonds is 4. The fourth-order valence-corrected chi connectivity index (χ4v) is 2.52. The standard InChI is InChI=1S/C12H24N2O2/c1-8-4-10(6-11(13)5-8)12(15)14-9(2)7-16-3/h8-11H,4-7,13H2,1-3H3,(H,14,15). The zero-order valence-corrected chi connectivity index (χ0v) is 10.5. The maximum absolute atomic E-state index is 12.0. The van der Waals surface area contributed by atoms with Gasteiger partial charge in [-0.3, -0.25) is 4.79 Å². The van der Waals surface area contributed by atoms with Gasteiger partial charge in [-0.2, -0.15) is 0 Å². The molecule has 1 fully saturated rings. The second kappa shape index (κ2) is 6.21. The maximum Gasteiger partial charge on any atom is 0.223 e. The number of amides is 1. The first-order valence-electron chi connectivity index (χ1n) is 6.07. The normalized spacial score (nSPS) is 32.1. The molecule has 4 unspecified atom stereocenters. The summed E-state index contributed by atoms with van der Waals surface area (Å²) >= 11 is 0. The van der Waals surface area contributed by atoms with Crippen LogP contribution in [0.25, 0.3) is 0 Å². The third kappa shape index (κ3) is 4.10. The molecule has 4 nitrogen and oxygen atoms in total. The number of nitrogens with two attached hydrogens (primary N) is 1. The highest BCUT2D eigenvalue weighted by molar-refractivity contribution is 5.79. The highest BCUT2D eigenvalue weighted by Crippen LogP contribution is 2.28. The average Bonchev–Trinajstić information content (AvgIpc) is 2.16. The van der Waals surface area contributed by atoms with Gasteiger partial charge < -0.3 is 15.8 Å². The molecule has 0 aliphatic heterocycles. The van der Waals surface area contributed by atoms with Gasteiger partial charge in [-0.25, -0.2) is 0 Å². The van der Waals surface area contributed by atoms with E-state index in [4.69, 9.17) is 10.5 Å². The minimum atomic E-state index is 0.0750. The van der Waals surface area contributed by atoms with E-state index in [0.29, 0.717) is 12.5 Å². The minimum absolute atomic E-state index is 0.0750. The molecule has 4 heteroatoms. The van der Waals surface area contributed by atoms with Crippen LogP contribution in [0.2, 0.25) is 0 Å². The monoisotopic (exact) mass is 228 g/mol. The number of hydrogen-bond donors (Lipinski definition) is 2. The van der Waals surface area contributed by atoms with E-state index in [1.807, 2.05) is 6.92 Å². The summed E-state index contributed by atoms with van der Waals surface area (Å²) in [5, 5.41) is 2.97. The predicted molar refractivity (Wildman–Crippen MR) is 64.0 cm³/mol. The van der Waals surface area contributed by atoms with E-state index < -0.39 is 0 Å². The number of methoxy groups -OCH3 is 1. The van der Waals surface area contributed by atoms with Crippen molar-refractivity contribution in [3.63, 3.8) is 0 Å². The number of nitrogens with one attached hydrogen (secondary N) is 1. The van der Waals surface area contributed by atoms with Gasteiger partial charge in [-0.05, 0) is 32.1 Å². The molecule has 3 N–H and O–H groups in total. The summed E-state index contributed by atoms with van der Waals surface area (Å²) < 4.78 is 4.99.